The molecule has 1 aliphatic carbocycles. The van der Waals surface area contributed by atoms with Gasteiger partial charge >= 0.3 is 0 Å². The van der Waals surface area contributed by atoms with Crippen LogP contribution in [0.1, 0.15) is 38.5 Å². The van der Waals surface area contributed by atoms with Crippen molar-refractivity contribution in [1.82, 2.24) is 19.6 Å². The van der Waals surface area contributed by atoms with Gasteiger partial charge in [-0.05, 0) is 56.6 Å². The average Bonchev–Trinajstić information content (AvgIpc) is 2.81. The van der Waals surface area contributed by atoms with Crippen molar-refractivity contribution in [2.24, 2.45) is 11.8 Å². The maximum absolute atomic E-state index is 13.4. The highest BCUT2D eigenvalue weighted by Gasteiger charge is 2.46. The van der Waals surface area contributed by atoms with Crippen LogP contribution in [0, 0.1) is 11.8 Å². The topological polar surface area (TPSA) is 58.4 Å². The lowest BCUT2D eigenvalue weighted by Crippen LogP contribution is -2.60. The SMILES string of the molecule is O=C(Cn1ncc2ccccc2c1=O)N1CCCC2=C[C@H]3C[C@@H](CN4CCCCC34)C21. The number of fused-ring (bicyclic) bond motifs is 7. The predicted octanol–water partition coefficient (Wildman–Crippen LogP) is 2.82. The molecule has 6 rings (SSSR count). The zero-order chi connectivity index (χ0) is 20.9. The summed E-state index contributed by atoms with van der Waals surface area (Å²) in [5.41, 5.74) is 1.29. The Morgan fingerprint density at radius 2 is 2.03 bits per heavy atom. The Hall–Kier alpha value is -2.47. The van der Waals surface area contributed by atoms with Crippen LogP contribution in [0.4, 0.5) is 0 Å². The number of hydrogen-bond donors (Lipinski definition) is 0. The zero-order valence-corrected chi connectivity index (χ0v) is 17.9. The van der Waals surface area contributed by atoms with Crippen LogP contribution in [0.15, 0.2) is 46.9 Å². The van der Waals surface area contributed by atoms with Gasteiger partial charge in [0.2, 0.25) is 5.91 Å². The summed E-state index contributed by atoms with van der Waals surface area (Å²) >= 11 is 0. The van der Waals surface area contributed by atoms with E-state index in [4.69, 9.17) is 0 Å². The number of carbonyl (C=O) groups is 1. The van der Waals surface area contributed by atoms with E-state index < -0.39 is 0 Å². The molecule has 0 radical (unpaired) electrons. The summed E-state index contributed by atoms with van der Waals surface area (Å²) in [7, 11) is 0. The van der Waals surface area contributed by atoms with Crippen molar-refractivity contribution in [3.63, 3.8) is 0 Å². The number of rotatable bonds is 2. The lowest BCUT2D eigenvalue weighted by atomic mass is 9.68. The second kappa shape index (κ2) is 7.59. The molecule has 3 saturated heterocycles. The van der Waals surface area contributed by atoms with E-state index in [1.165, 1.54) is 42.5 Å². The van der Waals surface area contributed by atoms with Crippen LogP contribution in [0.25, 0.3) is 10.8 Å². The monoisotopic (exact) mass is 418 g/mol. The van der Waals surface area contributed by atoms with Crippen LogP contribution < -0.4 is 5.56 Å². The first-order valence-corrected chi connectivity index (χ1v) is 11.9. The van der Waals surface area contributed by atoms with Gasteiger partial charge in [0, 0.05) is 24.5 Å². The molecular weight excluding hydrogens is 388 g/mol. The van der Waals surface area contributed by atoms with E-state index in [0.717, 1.165) is 31.3 Å². The first kappa shape index (κ1) is 19.2. The zero-order valence-electron chi connectivity index (χ0n) is 17.9. The number of benzene rings is 1. The van der Waals surface area contributed by atoms with Crippen LogP contribution in [-0.4, -0.2) is 57.2 Å². The molecule has 0 N–H and O–H groups in total. The van der Waals surface area contributed by atoms with Crippen molar-refractivity contribution in [3.05, 3.63) is 52.5 Å². The minimum atomic E-state index is -0.184. The molecule has 2 bridgehead atoms. The number of amides is 1. The molecule has 3 fully saturated rings. The normalized spacial score (nSPS) is 30.5. The van der Waals surface area contributed by atoms with Gasteiger partial charge in [0.05, 0.1) is 17.6 Å². The minimum Gasteiger partial charge on any atom is -0.334 e. The average molecular weight is 419 g/mol. The van der Waals surface area contributed by atoms with E-state index in [2.05, 4.69) is 21.0 Å². The standard InChI is InChI=1S/C25H30N4O2/c30-23(16-29-25(31)21-8-2-1-6-18(21)14-26-29)28-11-5-7-17-12-19-13-20(24(17)28)15-27-10-4-3-9-22(19)27/h1-2,6,8,12,14,19-20,22,24H,3-5,7,9-11,13,15-16H2/t19-,20-,22?,24?/m0/s1. The Morgan fingerprint density at radius 1 is 1.13 bits per heavy atom. The van der Waals surface area contributed by atoms with Crippen LogP contribution >= 0.6 is 0 Å². The molecule has 1 aromatic heterocycles. The van der Waals surface area contributed by atoms with Gasteiger partial charge < -0.3 is 4.90 Å². The van der Waals surface area contributed by atoms with Crippen LogP contribution in [0.2, 0.25) is 0 Å². The molecule has 1 aromatic carbocycles. The van der Waals surface area contributed by atoms with Gasteiger partial charge in [-0.25, -0.2) is 4.68 Å². The van der Waals surface area contributed by atoms with E-state index in [1.807, 2.05) is 18.2 Å². The van der Waals surface area contributed by atoms with Gasteiger partial charge in [-0.15, -0.1) is 0 Å². The van der Waals surface area contributed by atoms with Crippen LogP contribution in [-0.2, 0) is 11.3 Å². The third-order valence-electron chi connectivity index (χ3n) is 8.02. The number of aromatic nitrogens is 2. The minimum absolute atomic E-state index is 0.0237. The third-order valence-corrected chi connectivity index (χ3v) is 8.02. The lowest BCUT2D eigenvalue weighted by Gasteiger charge is -2.54. The lowest BCUT2D eigenvalue weighted by molar-refractivity contribution is -0.137. The second-order valence-corrected chi connectivity index (χ2v) is 9.79. The fourth-order valence-electron chi connectivity index (χ4n) is 6.71. The molecule has 2 aromatic rings. The fourth-order valence-corrected chi connectivity index (χ4v) is 6.71. The smallest absolute Gasteiger partial charge is 0.275 e. The molecule has 4 atom stereocenters. The number of piperidine rings is 3. The molecule has 6 nitrogen and oxygen atoms in total. The van der Waals surface area contributed by atoms with Gasteiger partial charge in [-0.2, -0.15) is 5.10 Å². The first-order chi connectivity index (χ1) is 15.2. The highest BCUT2D eigenvalue weighted by atomic mass is 16.2. The maximum Gasteiger partial charge on any atom is 0.275 e. The summed E-state index contributed by atoms with van der Waals surface area (Å²) < 4.78 is 1.34. The van der Waals surface area contributed by atoms with Gasteiger partial charge in [0.15, 0.2) is 0 Å². The molecule has 6 heteroatoms. The number of carbonyl (C=O) groups excluding carboxylic acids is 1. The van der Waals surface area contributed by atoms with Crippen LogP contribution in [0.3, 0.4) is 0 Å². The highest BCUT2D eigenvalue weighted by molar-refractivity contribution is 5.81. The van der Waals surface area contributed by atoms with E-state index in [1.54, 1.807) is 12.3 Å². The fraction of sp³-hybridized carbons (Fsp3) is 0.560. The van der Waals surface area contributed by atoms with E-state index in [0.29, 0.717) is 23.3 Å². The maximum atomic E-state index is 13.4. The second-order valence-electron chi connectivity index (χ2n) is 9.79. The van der Waals surface area contributed by atoms with Crippen molar-refractivity contribution in [1.29, 1.82) is 0 Å². The third kappa shape index (κ3) is 3.23. The highest BCUT2D eigenvalue weighted by Crippen LogP contribution is 2.45. The summed E-state index contributed by atoms with van der Waals surface area (Å²) in [6, 6.07) is 8.36. The summed E-state index contributed by atoms with van der Waals surface area (Å²) in [6.45, 7) is 3.13. The Morgan fingerprint density at radius 3 is 2.97 bits per heavy atom. The van der Waals surface area contributed by atoms with Crippen molar-refractivity contribution >= 4 is 16.7 Å². The van der Waals surface area contributed by atoms with Gasteiger partial charge in [0.25, 0.3) is 5.56 Å². The van der Waals surface area contributed by atoms with E-state index in [-0.39, 0.29) is 24.1 Å². The molecule has 1 amide bonds. The van der Waals surface area contributed by atoms with Gasteiger partial charge in [-0.3, -0.25) is 14.5 Å². The predicted molar refractivity (Wildman–Crippen MR) is 120 cm³/mol. The molecule has 0 spiro atoms. The number of hydrogen-bond acceptors (Lipinski definition) is 4. The summed E-state index contributed by atoms with van der Waals surface area (Å²) in [4.78, 5) is 31.1. The van der Waals surface area contributed by atoms with E-state index in [9.17, 15) is 9.59 Å². The Bertz CT molecular complexity index is 1110. The van der Waals surface area contributed by atoms with Crippen molar-refractivity contribution in [2.75, 3.05) is 19.6 Å². The molecule has 2 unspecified atom stereocenters. The van der Waals surface area contributed by atoms with Crippen LogP contribution in [0.5, 0.6) is 0 Å². The first-order valence-electron chi connectivity index (χ1n) is 11.9. The molecule has 0 saturated carbocycles. The summed E-state index contributed by atoms with van der Waals surface area (Å²) in [5, 5.41) is 5.73. The Labute approximate surface area is 182 Å². The van der Waals surface area contributed by atoms with E-state index >= 15 is 0 Å². The number of likely N-dealkylation sites (tertiary alicyclic amines) is 1. The number of nitrogens with zero attached hydrogens (tertiary/aromatic N) is 4. The molecule has 162 valence electrons. The van der Waals surface area contributed by atoms with Gasteiger partial charge in [0.1, 0.15) is 6.54 Å². The molecule has 4 heterocycles. The molecular formula is C25H30N4O2. The molecule has 4 aliphatic rings. The summed E-state index contributed by atoms with van der Waals surface area (Å²) in [6.07, 6.45) is 11.5. The largest absolute Gasteiger partial charge is 0.334 e. The van der Waals surface area contributed by atoms with Gasteiger partial charge in [-0.1, -0.05) is 36.3 Å². The molecule has 3 aliphatic heterocycles. The Kier molecular flexibility index (Phi) is 4.71. The summed E-state index contributed by atoms with van der Waals surface area (Å²) in [5.74, 6) is 1.20. The molecule has 31 heavy (non-hydrogen) atoms. The quantitative estimate of drug-likeness (QED) is 0.704. The van der Waals surface area contributed by atoms with Crippen molar-refractivity contribution < 1.29 is 4.79 Å². The Balaban J connectivity index is 1.28. The van der Waals surface area contributed by atoms with Crippen molar-refractivity contribution in [3.8, 4) is 0 Å². The van der Waals surface area contributed by atoms with Crippen molar-refractivity contribution in [2.45, 2.75) is 57.2 Å².